The van der Waals surface area contributed by atoms with Gasteiger partial charge in [0.15, 0.2) is 0 Å². The predicted octanol–water partition coefficient (Wildman–Crippen LogP) is 0.0926. The molecule has 1 unspecified atom stereocenters. The summed E-state index contributed by atoms with van der Waals surface area (Å²) < 4.78 is 33.6. The highest BCUT2D eigenvalue weighted by molar-refractivity contribution is 7.87. The average molecular weight is 280 g/mol. The van der Waals surface area contributed by atoms with E-state index in [9.17, 15) is 13.5 Å². The molecule has 0 saturated carbocycles. The molecule has 0 radical (unpaired) electrons. The lowest BCUT2D eigenvalue weighted by atomic mass is 10.1. The molecule has 0 spiro atoms. The average Bonchev–Trinajstić information content (AvgIpc) is 2.27. The molecule has 1 fully saturated rings. The van der Waals surface area contributed by atoms with Crippen LogP contribution < -0.4 is 4.72 Å². The van der Waals surface area contributed by atoms with E-state index >= 15 is 0 Å². The lowest BCUT2D eigenvalue weighted by Gasteiger charge is -2.36. The Hall–Kier alpha value is -0.210. The number of ether oxygens (including phenoxy) is 1. The summed E-state index contributed by atoms with van der Waals surface area (Å²) in [5, 5.41) is 9.27. The molecule has 18 heavy (non-hydrogen) atoms. The first kappa shape index (κ1) is 15.8. The Labute approximate surface area is 109 Å². The van der Waals surface area contributed by atoms with Crippen LogP contribution in [0.5, 0.6) is 0 Å². The van der Waals surface area contributed by atoms with Crippen LogP contribution in [0.4, 0.5) is 0 Å². The zero-order chi connectivity index (χ0) is 13.8. The molecule has 1 heterocycles. The second-order valence-corrected chi connectivity index (χ2v) is 6.99. The molecule has 0 aromatic carbocycles. The summed E-state index contributed by atoms with van der Waals surface area (Å²) in [6.07, 6.45) is 2.50. The van der Waals surface area contributed by atoms with Crippen LogP contribution in [0.15, 0.2) is 0 Å². The Kier molecular flexibility index (Phi) is 5.54. The van der Waals surface area contributed by atoms with Crippen molar-refractivity contribution >= 4 is 10.2 Å². The maximum Gasteiger partial charge on any atom is 0.280 e. The molecule has 1 saturated heterocycles. The van der Waals surface area contributed by atoms with E-state index in [4.69, 9.17) is 4.74 Å². The molecular weight excluding hydrogens is 256 g/mol. The Balaban J connectivity index is 2.78. The summed E-state index contributed by atoms with van der Waals surface area (Å²) >= 11 is 0. The molecule has 7 heteroatoms. The molecule has 0 aliphatic carbocycles. The van der Waals surface area contributed by atoms with Gasteiger partial charge >= 0.3 is 0 Å². The summed E-state index contributed by atoms with van der Waals surface area (Å²) in [5.41, 5.74) is -0.662. The second-order valence-electron chi connectivity index (χ2n) is 5.37. The molecule has 0 amide bonds. The summed E-state index contributed by atoms with van der Waals surface area (Å²) in [7, 11) is -2.05. The van der Waals surface area contributed by atoms with E-state index < -0.39 is 15.7 Å². The van der Waals surface area contributed by atoms with Gasteiger partial charge in [0.05, 0.1) is 18.8 Å². The van der Waals surface area contributed by atoms with Crippen molar-refractivity contribution in [2.45, 2.75) is 44.7 Å². The minimum atomic E-state index is -3.58. The van der Waals surface area contributed by atoms with Crippen LogP contribution in [0.25, 0.3) is 0 Å². The van der Waals surface area contributed by atoms with Crippen LogP contribution in [0.3, 0.4) is 0 Å². The van der Waals surface area contributed by atoms with Gasteiger partial charge in [0.2, 0.25) is 0 Å². The number of aliphatic hydroxyl groups is 1. The van der Waals surface area contributed by atoms with Gasteiger partial charge < -0.3 is 9.84 Å². The van der Waals surface area contributed by atoms with Gasteiger partial charge in [-0.05, 0) is 26.7 Å². The maximum atomic E-state index is 12.3. The Morgan fingerprint density at radius 1 is 1.44 bits per heavy atom. The lowest BCUT2D eigenvalue weighted by molar-refractivity contribution is 0.132. The van der Waals surface area contributed by atoms with Crippen molar-refractivity contribution in [1.82, 2.24) is 9.03 Å². The number of hydrogen-bond acceptors (Lipinski definition) is 4. The summed E-state index contributed by atoms with van der Waals surface area (Å²) in [6.45, 7) is 4.16. The highest BCUT2D eigenvalue weighted by Gasteiger charge is 2.35. The monoisotopic (exact) mass is 280 g/mol. The van der Waals surface area contributed by atoms with Gasteiger partial charge in [0, 0.05) is 19.7 Å². The van der Waals surface area contributed by atoms with E-state index in [1.807, 2.05) is 0 Å². The van der Waals surface area contributed by atoms with Crippen molar-refractivity contribution in [2.24, 2.45) is 0 Å². The first-order chi connectivity index (χ1) is 8.32. The third-order valence-corrected chi connectivity index (χ3v) is 4.91. The van der Waals surface area contributed by atoms with Crippen molar-refractivity contribution in [3.63, 3.8) is 0 Å². The van der Waals surface area contributed by atoms with Crippen molar-refractivity contribution < 1.29 is 18.3 Å². The quantitative estimate of drug-likeness (QED) is 0.723. The molecule has 0 aromatic heterocycles. The normalized spacial score (nSPS) is 23.2. The van der Waals surface area contributed by atoms with E-state index in [2.05, 4.69) is 4.72 Å². The first-order valence-corrected chi connectivity index (χ1v) is 7.67. The molecular formula is C11H24N2O4S. The number of nitrogens with one attached hydrogen (secondary N) is 1. The van der Waals surface area contributed by atoms with Gasteiger partial charge in [-0.2, -0.15) is 17.4 Å². The van der Waals surface area contributed by atoms with Crippen LogP contribution in [0.2, 0.25) is 0 Å². The zero-order valence-electron chi connectivity index (χ0n) is 11.3. The van der Waals surface area contributed by atoms with Crippen LogP contribution >= 0.6 is 0 Å². The first-order valence-electron chi connectivity index (χ1n) is 6.23. The van der Waals surface area contributed by atoms with Gasteiger partial charge in [-0.3, -0.25) is 0 Å². The summed E-state index contributed by atoms with van der Waals surface area (Å²) in [4.78, 5) is 0. The molecule has 108 valence electrons. The highest BCUT2D eigenvalue weighted by atomic mass is 32.2. The van der Waals surface area contributed by atoms with Crippen LogP contribution in [0.1, 0.15) is 33.1 Å². The Bertz CT molecular complexity index is 356. The fourth-order valence-electron chi connectivity index (χ4n) is 2.27. The van der Waals surface area contributed by atoms with Gasteiger partial charge in [-0.1, -0.05) is 6.42 Å². The SMILES string of the molecule is COCC(C)(C)NS(=O)(=O)N1CCCCC1CO. The van der Waals surface area contributed by atoms with Gasteiger partial charge in [0.25, 0.3) is 10.2 Å². The van der Waals surface area contributed by atoms with Crippen molar-refractivity contribution in [3.8, 4) is 0 Å². The van der Waals surface area contributed by atoms with Crippen LogP contribution in [0, 0.1) is 0 Å². The number of nitrogens with zero attached hydrogens (tertiary/aromatic N) is 1. The minimum absolute atomic E-state index is 0.133. The Morgan fingerprint density at radius 2 is 2.11 bits per heavy atom. The number of rotatable bonds is 6. The fourth-order valence-corrected chi connectivity index (χ4v) is 4.08. The molecule has 1 atom stereocenters. The predicted molar refractivity (Wildman–Crippen MR) is 69.4 cm³/mol. The fraction of sp³-hybridized carbons (Fsp3) is 1.00. The standard InChI is InChI=1S/C11H24N2O4S/c1-11(2,9-17-3)12-18(15,16)13-7-5-4-6-10(13)8-14/h10,12,14H,4-9H2,1-3H3. The van der Waals surface area contributed by atoms with Gasteiger partial charge in [0.1, 0.15) is 0 Å². The molecule has 2 N–H and O–H groups in total. The summed E-state index contributed by atoms with van der Waals surface area (Å²) in [5.74, 6) is 0. The molecule has 0 bridgehead atoms. The van der Waals surface area contributed by atoms with E-state index in [1.165, 1.54) is 11.4 Å². The van der Waals surface area contributed by atoms with Crippen molar-refractivity contribution in [1.29, 1.82) is 0 Å². The van der Waals surface area contributed by atoms with Gasteiger partial charge in [-0.25, -0.2) is 0 Å². The number of aliphatic hydroxyl groups excluding tert-OH is 1. The second kappa shape index (κ2) is 6.29. The lowest BCUT2D eigenvalue weighted by Crippen LogP contribution is -2.56. The number of hydrogen-bond donors (Lipinski definition) is 2. The third-order valence-electron chi connectivity index (χ3n) is 3.00. The largest absolute Gasteiger partial charge is 0.395 e. The highest BCUT2D eigenvalue weighted by Crippen LogP contribution is 2.20. The minimum Gasteiger partial charge on any atom is -0.395 e. The zero-order valence-corrected chi connectivity index (χ0v) is 12.2. The van der Waals surface area contributed by atoms with E-state index in [1.54, 1.807) is 13.8 Å². The molecule has 1 aliphatic heterocycles. The molecule has 0 aromatic rings. The molecule has 1 aliphatic rings. The Morgan fingerprint density at radius 3 is 2.67 bits per heavy atom. The van der Waals surface area contributed by atoms with Gasteiger partial charge in [-0.15, -0.1) is 0 Å². The smallest absolute Gasteiger partial charge is 0.280 e. The number of methoxy groups -OCH3 is 1. The van der Waals surface area contributed by atoms with E-state index in [0.29, 0.717) is 19.6 Å². The maximum absolute atomic E-state index is 12.3. The van der Waals surface area contributed by atoms with Crippen LogP contribution in [-0.2, 0) is 14.9 Å². The topological polar surface area (TPSA) is 78.9 Å². The molecule has 6 nitrogen and oxygen atoms in total. The van der Waals surface area contributed by atoms with Crippen molar-refractivity contribution in [2.75, 3.05) is 26.9 Å². The third kappa shape index (κ3) is 4.17. The van der Waals surface area contributed by atoms with Crippen molar-refractivity contribution in [3.05, 3.63) is 0 Å². The summed E-state index contributed by atoms with van der Waals surface area (Å²) in [6, 6.07) is -0.311. The van der Waals surface area contributed by atoms with E-state index in [0.717, 1.165) is 12.8 Å². The van der Waals surface area contributed by atoms with E-state index in [-0.39, 0.29) is 12.6 Å². The van der Waals surface area contributed by atoms with Crippen LogP contribution in [-0.4, -0.2) is 56.3 Å². The number of piperidine rings is 1. The molecule has 1 rings (SSSR count).